The molecule has 2 nitrogen and oxygen atoms in total. The molecule has 1 saturated carbocycles. The molecule has 4 heteroatoms. The van der Waals surface area contributed by atoms with E-state index in [2.05, 4.69) is 12.2 Å². The molecule has 0 radical (unpaired) electrons. The van der Waals surface area contributed by atoms with Gasteiger partial charge in [-0.3, -0.25) is 0 Å². The summed E-state index contributed by atoms with van der Waals surface area (Å²) in [6.45, 7) is 3.05. The first-order chi connectivity index (χ1) is 9.11. The topological polar surface area (TPSA) is 25.2 Å². The van der Waals surface area contributed by atoms with E-state index < -0.39 is 5.92 Å². The maximum absolute atomic E-state index is 13.2. The van der Waals surface area contributed by atoms with Crippen molar-refractivity contribution in [2.45, 2.75) is 57.4 Å². The van der Waals surface area contributed by atoms with Crippen LogP contribution in [0.1, 0.15) is 44.8 Å². The molecule has 0 aromatic carbocycles. The van der Waals surface area contributed by atoms with Crippen molar-refractivity contribution in [2.24, 2.45) is 5.92 Å². The second kappa shape index (κ2) is 6.51. The van der Waals surface area contributed by atoms with Crippen LogP contribution in [-0.2, 0) is 6.42 Å². The van der Waals surface area contributed by atoms with Crippen molar-refractivity contribution in [2.75, 3.05) is 6.54 Å². The van der Waals surface area contributed by atoms with Crippen LogP contribution in [0.15, 0.2) is 22.8 Å². The molecular formula is C15H23F2NO. The lowest BCUT2D eigenvalue weighted by atomic mass is 9.80. The molecule has 0 saturated heterocycles. The minimum absolute atomic E-state index is 0.0279. The molecule has 1 atom stereocenters. The fourth-order valence-corrected chi connectivity index (χ4v) is 2.85. The van der Waals surface area contributed by atoms with Gasteiger partial charge >= 0.3 is 0 Å². The van der Waals surface area contributed by atoms with Gasteiger partial charge in [-0.05, 0) is 43.9 Å². The van der Waals surface area contributed by atoms with Crippen LogP contribution in [0.2, 0.25) is 0 Å². The van der Waals surface area contributed by atoms with E-state index in [0.717, 1.165) is 25.1 Å². The maximum atomic E-state index is 13.2. The number of hydrogen-bond acceptors (Lipinski definition) is 2. The summed E-state index contributed by atoms with van der Waals surface area (Å²) < 4.78 is 31.9. The van der Waals surface area contributed by atoms with Gasteiger partial charge in [0, 0.05) is 25.3 Å². The number of hydrogen-bond donors (Lipinski definition) is 1. The molecule has 1 aliphatic carbocycles. The van der Waals surface area contributed by atoms with Crippen LogP contribution in [0.4, 0.5) is 8.78 Å². The minimum atomic E-state index is -2.45. The maximum Gasteiger partial charge on any atom is 0.248 e. The fourth-order valence-electron chi connectivity index (χ4n) is 2.85. The van der Waals surface area contributed by atoms with E-state index in [-0.39, 0.29) is 18.9 Å². The predicted molar refractivity (Wildman–Crippen MR) is 71.4 cm³/mol. The SMILES string of the molecule is CCCNC(Cc1ccco1)C1CCC(F)(F)CC1. The highest BCUT2D eigenvalue weighted by Gasteiger charge is 2.37. The van der Waals surface area contributed by atoms with E-state index in [0.29, 0.717) is 18.8 Å². The van der Waals surface area contributed by atoms with Crippen LogP contribution in [0.3, 0.4) is 0 Å². The summed E-state index contributed by atoms with van der Waals surface area (Å²) in [4.78, 5) is 0. The summed E-state index contributed by atoms with van der Waals surface area (Å²) in [6.07, 6.45) is 4.78. The smallest absolute Gasteiger partial charge is 0.248 e. The molecule has 0 amide bonds. The molecule has 1 heterocycles. The molecule has 0 spiro atoms. The first-order valence-electron chi connectivity index (χ1n) is 7.24. The first kappa shape index (κ1) is 14.5. The van der Waals surface area contributed by atoms with Crippen molar-refractivity contribution >= 4 is 0 Å². The Balaban J connectivity index is 1.93. The third-order valence-corrected chi connectivity index (χ3v) is 3.99. The fraction of sp³-hybridized carbons (Fsp3) is 0.733. The largest absolute Gasteiger partial charge is 0.469 e. The molecule has 0 bridgehead atoms. The van der Waals surface area contributed by atoms with Crippen LogP contribution in [0.5, 0.6) is 0 Å². The van der Waals surface area contributed by atoms with Crippen molar-refractivity contribution in [3.8, 4) is 0 Å². The Hall–Kier alpha value is -0.900. The minimum Gasteiger partial charge on any atom is -0.469 e. The molecule has 1 fully saturated rings. The van der Waals surface area contributed by atoms with Crippen molar-refractivity contribution in [1.29, 1.82) is 0 Å². The number of furan rings is 1. The van der Waals surface area contributed by atoms with Crippen molar-refractivity contribution in [3.05, 3.63) is 24.2 Å². The van der Waals surface area contributed by atoms with E-state index in [1.165, 1.54) is 0 Å². The average molecular weight is 271 g/mol. The highest BCUT2D eigenvalue weighted by Crippen LogP contribution is 2.38. The average Bonchev–Trinajstić information content (AvgIpc) is 2.87. The second-order valence-electron chi connectivity index (χ2n) is 5.54. The molecule has 1 N–H and O–H groups in total. The van der Waals surface area contributed by atoms with Crippen LogP contribution in [0, 0.1) is 5.92 Å². The Morgan fingerprint density at radius 1 is 1.42 bits per heavy atom. The molecule has 1 aromatic heterocycles. The monoisotopic (exact) mass is 271 g/mol. The summed E-state index contributed by atoms with van der Waals surface area (Å²) in [5, 5.41) is 3.50. The third-order valence-electron chi connectivity index (χ3n) is 3.99. The summed E-state index contributed by atoms with van der Waals surface area (Å²) >= 11 is 0. The molecule has 0 aliphatic heterocycles. The quantitative estimate of drug-likeness (QED) is 0.845. The number of alkyl halides is 2. The standard InChI is InChI=1S/C15H23F2NO/c1-2-9-18-14(11-13-4-3-10-19-13)12-5-7-15(16,17)8-6-12/h3-4,10,12,14,18H,2,5-9,11H2,1H3. The molecule has 19 heavy (non-hydrogen) atoms. The highest BCUT2D eigenvalue weighted by atomic mass is 19.3. The second-order valence-corrected chi connectivity index (χ2v) is 5.54. The van der Waals surface area contributed by atoms with Gasteiger partial charge < -0.3 is 9.73 Å². The lowest BCUT2D eigenvalue weighted by Crippen LogP contribution is -2.41. The molecule has 1 aromatic rings. The van der Waals surface area contributed by atoms with Crippen LogP contribution in [-0.4, -0.2) is 18.5 Å². The zero-order chi connectivity index (χ0) is 13.7. The summed E-state index contributed by atoms with van der Waals surface area (Å²) in [5.74, 6) is -1.18. The Labute approximate surface area is 113 Å². The summed E-state index contributed by atoms with van der Waals surface area (Å²) in [7, 11) is 0. The van der Waals surface area contributed by atoms with Crippen molar-refractivity contribution in [1.82, 2.24) is 5.32 Å². The van der Waals surface area contributed by atoms with Gasteiger partial charge in [-0.2, -0.15) is 0 Å². The molecule has 2 rings (SSSR count). The van der Waals surface area contributed by atoms with Crippen LogP contribution in [0.25, 0.3) is 0 Å². The highest BCUT2D eigenvalue weighted by molar-refractivity contribution is 5.02. The van der Waals surface area contributed by atoms with Crippen molar-refractivity contribution < 1.29 is 13.2 Å². The lowest BCUT2D eigenvalue weighted by molar-refractivity contribution is -0.0496. The number of halogens is 2. The first-order valence-corrected chi connectivity index (χ1v) is 7.24. The van der Waals surface area contributed by atoms with Gasteiger partial charge in [0.1, 0.15) is 5.76 Å². The zero-order valence-corrected chi connectivity index (χ0v) is 11.5. The summed E-state index contributed by atoms with van der Waals surface area (Å²) in [6, 6.07) is 4.08. The van der Waals surface area contributed by atoms with E-state index >= 15 is 0 Å². The van der Waals surface area contributed by atoms with Gasteiger partial charge in [0.05, 0.1) is 6.26 Å². The number of rotatable bonds is 6. The zero-order valence-electron chi connectivity index (χ0n) is 11.5. The third kappa shape index (κ3) is 4.30. The lowest BCUT2D eigenvalue weighted by Gasteiger charge is -2.34. The molecular weight excluding hydrogens is 248 g/mol. The van der Waals surface area contributed by atoms with Gasteiger partial charge in [0.25, 0.3) is 0 Å². The number of nitrogens with one attached hydrogen (secondary N) is 1. The van der Waals surface area contributed by atoms with E-state index in [9.17, 15) is 8.78 Å². The Morgan fingerprint density at radius 2 is 2.16 bits per heavy atom. The van der Waals surface area contributed by atoms with Gasteiger partial charge in [-0.25, -0.2) is 8.78 Å². The Kier molecular flexibility index (Phi) is 4.97. The molecule has 1 unspecified atom stereocenters. The molecule has 108 valence electrons. The summed E-state index contributed by atoms with van der Waals surface area (Å²) in [5.41, 5.74) is 0. The van der Waals surface area contributed by atoms with Crippen molar-refractivity contribution in [3.63, 3.8) is 0 Å². The van der Waals surface area contributed by atoms with Gasteiger partial charge in [0.15, 0.2) is 0 Å². The van der Waals surface area contributed by atoms with Crippen LogP contribution >= 0.6 is 0 Å². The normalized spacial score (nSPS) is 21.4. The van der Waals surface area contributed by atoms with E-state index in [1.807, 2.05) is 12.1 Å². The Morgan fingerprint density at radius 3 is 2.74 bits per heavy atom. The van der Waals surface area contributed by atoms with Gasteiger partial charge in [-0.15, -0.1) is 0 Å². The molecule has 1 aliphatic rings. The van der Waals surface area contributed by atoms with Crippen LogP contribution < -0.4 is 5.32 Å². The Bertz CT molecular complexity index is 354. The van der Waals surface area contributed by atoms with E-state index in [4.69, 9.17) is 4.42 Å². The van der Waals surface area contributed by atoms with E-state index in [1.54, 1.807) is 6.26 Å². The van der Waals surface area contributed by atoms with Gasteiger partial charge in [-0.1, -0.05) is 6.92 Å². The predicted octanol–water partition coefficient (Wildman–Crippen LogP) is 4.02. The van der Waals surface area contributed by atoms with Gasteiger partial charge in [0.2, 0.25) is 5.92 Å².